The maximum atomic E-state index is 12.3. The molecule has 22 heavy (non-hydrogen) atoms. The minimum absolute atomic E-state index is 0.298. The molecule has 2 rings (SSSR count). The zero-order chi connectivity index (χ0) is 16.3. The Kier molecular flexibility index (Phi) is 5.29. The van der Waals surface area contributed by atoms with Crippen LogP contribution in [-0.2, 0) is 22.5 Å². The molecule has 0 bridgehead atoms. The molecule has 5 heteroatoms. The monoisotopic (exact) mass is 321 g/mol. The van der Waals surface area contributed by atoms with E-state index >= 15 is 0 Å². The molecule has 0 amide bonds. The van der Waals surface area contributed by atoms with Gasteiger partial charge in [0.25, 0.3) is 0 Å². The minimum Gasteiger partial charge on any atom is -0.591 e. The van der Waals surface area contributed by atoms with Crippen LogP contribution in [0.5, 0.6) is 0 Å². The van der Waals surface area contributed by atoms with Crippen molar-refractivity contribution < 1.29 is 14.1 Å². The molecule has 1 aliphatic carbocycles. The van der Waals surface area contributed by atoms with Gasteiger partial charge in [-0.05, 0) is 64.7 Å². The fraction of sp³-hybridized carbons (Fsp3) is 0.529. The van der Waals surface area contributed by atoms with Crippen molar-refractivity contribution >= 4 is 23.0 Å². The summed E-state index contributed by atoms with van der Waals surface area (Å²) in [5.41, 5.74) is 3.54. The van der Waals surface area contributed by atoms with E-state index in [1.165, 1.54) is 0 Å². The maximum Gasteiger partial charge on any atom is 0.338 e. The summed E-state index contributed by atoms with van der Waals surface area (Å²) in [5.74, 6) is -0.298. The van der Waals surface area contributed by atoms with Crippen molar-refractivity contribution in [3.63, 3.8) is 0 Å². The molecule has 1 atom stereocenters. The molecule has 1 aliphatic rings. The third-order valence-corrected chi connectivity index (χ3v) is 4.94. The molecule has 0 N–H and O–H groups in total. The van der Waals surface area contributed by atoms with E-state index in [4.69, 9.17) is 4.74 Å². The second-order valence-corrected chi connectivity index (χ2v) is 8.25. The standard InChI is InChI=1S/C17H23NO3S/c1-5-21-16(19)13-9-10-14-12(11-13)7-6-8-15(14)18-22(20)17(2,3)4/h9-11H,5-8H2,1-4H3/b18-15+/t22-/m1/s1. The van der Waals surface area contributed by atoms with Crippen molar-refractivity contribution in [2.45, 2.75) is 51.7 Å². The number of rotatable bonds is 3. The van der Waals surface area contributed by atoms with Gasteiger partial charge in [0, 0.05) is 5.56 Å². The molecule has 0 spiro atoms. The molecule has 4 nitrogen and oxygen atoms in total. The fourth-order valence-corrected chi connectivity index (χ4v) is 3.00. The molecule has 0 saturated carbocycles. The summed E-state index contributed by atoms with van der Waals surface area (Å²) < 4.78 is 21.4. The smallest absolute Gasteiger partial charge is 0.338 e. The van der Waals surface area contributed by atoms with E-state index in [0.29, 0.717) is 12.2 Å². The quantitative estimate of drug-likeness (QED) is 0.633. The van der Waals surface area contributed by atoms with Crippen LogP contribution in [0, 0.1) is 0 Å². The van der Waals surface area contributed by atoms with Crippen molar-refractivity contribution in [1.29, 1.82) is 0 Å². The summed E-state index contributed by atoms with van der Waals surface area (Å²) in [6.45, 7) is 7.92. The van der Waals surface area contributed by atoms with Crippen LogP contribution >= 0.6 is 0 Å². The molecule has 0 unspecified atom stereocenters. The van der Waals surface area contributed by atoms with E-state index in [1.807, 2.05) is 32.9 Å². The van der Waals surface area contributed by atoms with E-state index in [-0.39, 0.29) is 10.7 Å². The zero-order valence-electron chi connectivity index (χ0n) is 13.6. The Labute approximate surface area is 135 Å². The van der Waals surface area contributed by atoms with Crippen molar-refractivity contribution in [2.24, 2.45) is 4.40 Å². The van der Waals surface area contributed by atoms with Crippen LogP contribution < -0.4 is 0 Å². The first-order valence-electron chi connectivity index (χ1n) is 7.63. The normalized spacial score (nSPS) is 18.0. The van der Waals surface area contributed by atoms with Gasteiger partial charge in [0.05, 0.1) is 17.9 Å². The van der Waals surface area contributed by atoms with Crippen LogP contribution in [0.4, 0.5) is 0 Å². The highest BCUT2D eigenvalue weighted by Gasteiger charge is 2.28. The van der Waals surface area contributed by atoms with Crippen LogP contribution in [0.3, 0.4) is 0 Å². The molecule has 0 saturated heterocycles. The predicted octanol–water partition coefficient (Wildman–Crippen LogP) is 3.45. The predicted molar refractivity (Wildman–Crippen MR) is 89.8 cm³/mol. The second kappa shape index (κ2) is 6.84. The first-order valence-corrected chi connectivity index (χ1v) is 8.73. The number of aryl methyl sites for hydroxylation is 1. The largest absolute Gasteiger partial charge is 0.591 e. The molecule has 0 radical (unpaired) electrons. The van der Waals surface area contributed by atoms with Crippen LogP contribution in [0.25, 0.3) is 0 Å². The van der Waals surface area contributed by atoms with Gasteiger partial charge in [0.1, 0.15) is 16.1 Å². The number of carbonyl (C=O) groups is 1. The van der Waals surface area contributed by atoms with Crippen LogP contribution in [-0.4, -0.2) is 27.6 Å². The third-order valence-electron chi connectivity index (χ3n) is 3.50. The Morgan fingerprint density at radius 1 is 1.36 bits per heavy atom. The molecule has 0 heterocycles. The zero-order valence-corrected chi connectivity index (χ0v) is 14.5. The van der Waals surface area contributed by atoms with Crippen molar-refractivity contribution in [2.75, 3.05) is 6.61 Å². The van der Waals surface area contributed by atoms with Gasteiger partial charge in [-0.1, -0.05) is 10.5 Å². The summed E-state index contributed by atoms with van der Waals surface area (Å²) >= 11 is -1.26. The number of hydrogen-bond donors (Lipinski definition) is 0. The van der Waals surface area contributed by atoms with Crippen LogP contribution in [0.1, 0.15) is 62.0 Å². The molecule has 0 aliphatic heterocycles. The van der Waals surface area contributed by atoms with Gasteiger partial charge in [-0.3, -0.25) is 0 Å². The Bertz CT molecular complexity index is 590. The van der Waals surface area contributed by atoms with Gasteiger partial charge in [-0.2, -0.15) is 0 Å². The SMILES string of the molecule is CCOC(=O)c1ccc2c(c1)CCC/C2=N\[S@+]([O-])C(C)(C)C. The average molecular weight is 321 g/mol. The van der Waals surface area contributed by atoms with Crippen molar-refractivity contribution in [3.05, 3.63) is 34.9 Å². The van der Waals surface area contributed by atoms with Gasteiger partial charge in [-0.25, -0.2) is 4.79 Å². The Morgan fingerprint density at radius 2 is 2.09 bits per heavy atom. The molecule has 0 aromatic heterocycles. The van der Waals surface area contributed by atoms with Crippen LogP contribution in [0.15, 0.2) is 22.6 Å². The van der Waals surface area contributed by atoms with Crippen LogP contribution in [0.2, 0.25) is 0 Å². The number of esters is 1. The highest BCUT2D eigenvalue weighted by Crippen LogP contribution is 2.26. The van der Waals surface area contributed by atoms with Gasteiger partial charge in [0.15, 0.2) is 0 Å². The van der Waals surface area contributed by atoms with Gasteiger partial charge in [-0.15, -0.1) is 0 Å². The maximum absolute atomic E-state index is 12.3. The first-order chi connectivity index (χ1) is 10.3. The lowest BCUT2D eigenvalue weighted by atomic mass is 9.89. The lowest BCUT2D eigenvalue weighted by Gasteiger charge is -2.22. The average Bonchev–Trinajstić information content (AvgIpc) is 2.46. The number of fused-ring (bicyclic) bond motifs is 1. The van der Waals surface area contributed by atoms with E-state index in [1.54, 1.807) is 13.0 Å². The molecule has 1 aromatic rings. The summed E-state index contributed by atoms with van der Waals surface area (Å²) in [7, 11) is 0. The highest BCUT2D eigenvalue weighted by atomic mass is 32.2. The summed E-state index contributed by atoms with van der Waals surface area (Å²) in [5, 5.41) is 0. The minimum atomic E-state index is -1.26. The third kappa shape index (κ3) is 3.90. The number of nitrogens with zero attached hydrogens (tertiary/aromatic N) is 1. The van der Waals surface area contributed by atoms with E-state index in [2.05, 4.69) is 4.40 Å². The van der Waals surface area contributed by atoms with Crippen molar-refractivity contribution in [1.82, 2.24) is 0 Å². The van der Waals surface area contributed by atoms with E-state index in [0.717, 1.165) is 36.1 Å². The Hall–Kier alpha value is -1.33. The highest BCUT2D eigenvalue weighted by molar-refractivity contribution is 7.91. The topological polar surface area (TPSA) is 61.7 Å². The van der Waals surface area contributed by atoms with Crippen molar-refractivity contribution in [3.8, 4) is 0 Å². The van der Waals surface area contributed by atoms with Gasteiger partial charge >= 0.3 is 5.97 Å². The molecule has 1 aromatic carbocycles. The lowest BCUT2D eigenvalue weighted by molar-refractivity contribution is 0.0526. The lowest BCUT2D eigenvalue weighted by Crippen LogP contribution is -2.27. The Morgan fingerprint density at radius 3 is 2.73 bits per heavy atom. The van der Waals surface area contributed by atoms with E-state index in [9.17, 15) is 9.35 Å². The molecular formula is C17H23NO3S. The summed E-state index contributed by atoms with van der Waals surface area (Å²) in [6, 6.07) is 5.54. The number of benzene rings is 1. The van der Waals surface area contributed by atoms with Gasteiger partial charge in [0.2, 0.25) is 0 Å². The molecular weight excluding hydrogens is 298 g/mol. The Balaban J connectivity index is 2.32. The first kappa shape index (κ1) is 17.0. The molecule has 0 fully saturated rings. The number of carbonyl (C=O) groups excluding carboxylic acids is 1. The summed E-state index contributed by atoms with van der Waals surface area (Å²) in [6.07, 6.45) is 2.69. The summed E-state index contributed by atoms with van der Waals surface area (Å²) in [4.78, 5) is 11.8. The fourth-order valence-electron chi connectivity index (χ4n) is 2.34. The van der Waals surface area contributed by atoms with Gasteiger partial charge < -0.3 is 9.29 Å². The molecule has 120 valence electrons. The number of ether oxygens (including phenoxy) is 1. The van der Waals surface area contributed by atoms with E-state index < -0.39 is 11.4 Å². The second-order valence-electron chi connectivity index (χ2n) is 6.35. The number of hydrogen-bond acceptors (Lipinski definition) is 4.